The van der Waals surface area contributed by atoms with Gasteiger partial charge in [-0.3, -0.25) is 0 Å². The van der Waals surface area contributed by atoms with Gasteiger partial charge in [-0.25, -0.2) is 26.3 Å². The van der Waals surface area contributed by atoms with Crippen molar-refractivity contribution in [3.8, 4) is 16.9 Å². The van der Waals surface area contributed by atoms with E-state index in [1.54, 1.807) is 0 Å². The first kappa shape index (κ1) is 13.3. The monoisotopic (exact) mass is 278 g/mol. The van der Waals surface area contributed by atoms with E-state index in [4.69, 9.17) is 0 Å². The van der Waals surface area contributed by atoms with Gasteiger partial charge in [0.1, 0.15) is 0 Å². The van der Waals surface area contributed by atoms with Crippen LogP contribution in [0.5, 0.6) is 5.75 Å². The highest BCUT2D eigenvalue weighted by Crippen LogP contribution is 2.37. The maximum absolute atomic E-state index is 13.4. The fraction of sp³-hybridized carbons (Fsp3) is 0. The Kier molecular flexibility index (Phi) is 3.13. The Bertz CT molecular complexity index is 639. The zero-order chi connectivity index (χ0) is 14.3. The van der Waals surface area contributed by atoms with Crippen LogP contribution >= 0.6 is 0 Å². The first-order valence-corrected chi connectivity index (χ1v) is 4.85. The van der Waals surface area contributed by atoms with Crippen LogP contribution in [-0.2, 0) is 0 Å². The van der Waals surface area contributed by atoms with E-state index >= 15 is 0 Å². The summed E-state index contributed by atoms with van der Waals surface area (Å²) >= 11 is 0. The zero-order valence-corrected chi connectivity index (χ0v) is 8.95. The highest BCUT2D eigenvalue weighted by atomic mass is 19.2. The van der Waals surface area contributed by atoms with Crippen molar-refractivity contribution in [3.63, 3.8) is 0 Å². The van der Waals surface area contributed by atoms with Crippen LogP contribution in [0.3, 0.4) is 0 Å². The molecule has 0 aromatic heterocycles. The SMILES string of the molecule is Oc1c(F)cccc1-c1c(F)c(F)c(F)c(F)c1F. The fourth-order valence-corrected chi connectivity index (χ4v) is 1.56. The van der Waals surface area contributed by atoms with Crippen LogP contribution in [0.15, 0.2) is 18.2 Å². The van der Waals surface area contributed by atoms with Crippen molar-refractivity contribution in [1.82, 2.24) is 0 Å². The number of hydrogen-bond donors (Lipinski definition) is 1. The van der Waals surface area contributed by atoms with Gasteiger partial charge in [-0.2, -0.15) is 0 Å². The minimum Gasteiger partial charge on any atom is -0.504 e. The van der Waals surface area contributed by atoms with Crippen molar-refractivity contribution >= 4 is 0 Å². The molecule has 0 atom stereocenters. The number of phenolic OH excluding ortho intramolecular Hbond substituents is 1. The van der Waals surface area contributed by atoms with Gasteiger partial charge in [-0.1, -0.05) is 12.1 Å². The molecule has 0 spiro atoms. The van der Waals surface area contributed by atoms with Crippen molar-refractivity contribution in [2.24, 2.45) is 0 Å². The number of rotatable bonds is 1. The largest absolute Gasteiger partial charge is 0.504 e. The third-order valence-corrected chi connectivity index (χ3v) is 2.47. The summed E-state index contributed by atoms with van der Waals surface area (Å²) in [6.45, 7) is 0. The third-order valence-electron chi connectivity index (χ3n) is 2.47. The van der Waals surface area contributed by atoms with E-state index in [0.29, 0.717) is 0 Å². The van der Waals surface area contributed by atoms with Crippen LogP contribution in [0.4, 0.5) is 26.3 Å². The van der Waals surface area contributed by atoms with Crippen LogP contribution in [0, 0.1) is 34.9 Å². The maximum Gasteiger partial charge on any atom is 0.200 e. The van der Waals surface area contributed by atoms with E-state index in [0.717, 1.165) is 18.2 Å². The highest BCUT2D eigenvalue weighted by Gasteiger charge is 2.28. The Morgan fingerprint density at radius 2 is 1.16 bits per heavy atom. The molecule has 0 aliphatic heterocycles. The number of phenols is 1. The molecule has 2 rings (SSSR count). The van der Waals surface area contributed by atoms with Crippen LogP contribution in [0.1, 0.15) is 0 Å². The zero-order valence-electron chi connectivity index (χ0n) is 8.95. The van der Waals surface area contributed by atoms with Crippen molar-refractivity contribution in [1.29, 1.82) is 0 Å². The smallest absolute Gasteiger partial charge is 0.200 e. The van der Waals surface area contributed by atoms with E-state index in [9.17, 15) is 31.4 Å². The van der Waals surface area contributed by atoms with Crippen LogP contribution in [0.25, 0.3) is 11.1 Å². The summed E-state index contributed by atoms with van der Waals surface area (Å²) in [4.78, 5) is 0. The number of hydrogen-bond acceptors (Lipinski definition) is 1. The second kappa shape index (κ2) is 4.49. The summed E-state index contributed by atoms with van der Waals surface area (Å²) in [6.07, 6.45) is 0. The molecule has 0 unspecified atom stereocenters. The molecular formula is C12H4F6O. The quantitative estimate of drug-likeness (QED) is 0.476. The number of aromatic hydroxyl groups is 1. The van der Waals surface area contributed by atoms with E-state index in [-0.39, 0.29) is 0 Å². The molecule has 0 saturated carbocycles. The molecule has 0 aliphatic carbocycles. The summed E-state index contributed by atoms with van der Waals surface area (Å²) in [5.74, 6) is -13.4. The molecule has 100 valence electrons. The molecule has 1 nitrogen and oxygen atoms in total. The van der Waals surface area contributed by atoms with Gasteiger partial charge in [0.05, 0.1) is 5.56 Å². The molecular weight excluding hydrogens is 274 g/mol. The Morgan fingerprint density at radius 1 is 0.684 bits per heavy atom. The van der Waals surface area contributed by atoms with Gasteiger partial charge in [0, 0.05) is 5.56 Å². The molecule has 2 aromatic rings. The minimum absolute atomic E-state index is 0.769. The lowest BCUT2D eigenvalue weighted by Gasteiger charge is -2.10. The first-order chi connectivity index (χ1) is 8.86. The average Bonchev–Trinajstić information content (AvgIpc) is 2.39. The molecule has 7 heteroatoms. The van der Waals surface area contributed by atoms with E-state index in [1.165, 1.54) is 0 Å². The van der Waals surface area contributed by atoms with Crippen LogP contribution in [0.2, 0.25) is 0 Å². The normalized spacial score (nSPS) is 10.8. The van der Waals surface area contributed by atoms with Gasteiger partial charge in [0.2, 0.25) is 5.82 Å². The molecule has 2 aromatic carbocycles. The van der Waals surface area contributed by atoms with Crippen molar-refractivity contribution in [3.05, 3.63) is 53.1 Å². The molecule has 19 heavy (non-hydrogen) atoms. The summed E-state index contributed by atoms with van der Waals surface area (Å²) in [5, 5.41) is 9.30. The Labute approximate surface area is 102 Å². The Balaban J connectivity index is 2.87. The van der Waals surface area contributed by atoms with Crippen LogP contribution in [-0.4, -0.2) is 5.11 Å². The van der Waals surface area contributed by atoms with Gasteiger partial charge in [-0.15, -0.1) is 0 Å². The molecule has 0 radical (unpaired) electrons. The predicted molar refractivity (Wildman–Crippen MR) is 53.3 cm³/mol. The Morgan fingerprint density at radius 3 is 1.68 bits per heavy atom. The molecule has 0 amide bonds. The second-order valence-corrected chi connectivity index (χ2v) is 3.58. The van der Waals surface area contributed by atoms with Crippen molar-refractivity contribution < 1.29 is 31.4 Å². The third kappa shape index (κ3) is 1.91. The minimum atomic E-state index is -2.32. The summed E-state index contributed by atoms with van der Waals surface area (Å²) < 4.78 is 78.7. The molecule has 1 N–H and O–H groups in total. The first-order valence-electron chi connectivity index (χ1n) is 4.85. The van der Waals surface area contributed by atoms with Gasteiger partial charge >= 0.3 is 0 Å². The van der Waals surface area contributed by atoms with Crippen molar-refractivity contribution in [2.45, 2.75) is 0 Å². The number of halogens is 6. The number of para-hydroxylation sites is 1. The molecule has 0 aliphatic rings. The highest BCUT2D eigenvalue weighted by molar-refractivity contribution is 5.71. The summed E-state index contributed by atoms with van der Waals surface area (Å²) in [5.41, 5.74) is -2.21. The van der Waals surface area contributed by atoms with Gasteiger partial charge < -0.3 is 5.11 Å². The van der Waals surface area contributed by atoms with Crippen LogP contribution < -0.4 is 0 Å². The van der Waals surface area contributed by atoms with E-state index < -0.39 is 51.8 Å². The van der Waals surface area contributed by atoms with E-state index in [1.807, 2.05) is 0 Å². The lowest BCUT2D eigenvalue weighted by molar-refractivity contribution is 0.380. The standard InChI is InChI=1S/C12H4F6O/c13-5-3-1-2-4(12(5)19)6-7(14)9(16)11(18)10(17)8(6)15/h1-3,19H. The average molecular weight is 278 g/mol. The number of benzene rings is 2. The van der Waals surface area contributed by atoms with Gasteiger partial charge in [0.25, 0.3) is 0 Å². The molecule has 0 fully saturated rings. The van der Waals surface area contributed by atoms with E-state index in [2.05, 4.69) is 0 Å². The molecule has 0 heterocycles. The Hall–Kier alpha value is -2.18. The molecule has 0 bridgehead atoms. The summed E-state index contributed by atoms with van der Waals surface area (Å²) in [6, 6.07) is 2.56. The second-order valence-electron chi connectivity index (χ2n) is 3.58. The predicted octanol–water partition coefficient (Wildman–Crippen LogP) is 3.89. The van der Waals surface area contributed by atoms with Gasteiger partial charge in [0.15, 0.2) is 34.8 Å². The molecule has 0 saturated heterocycles. The lowest BCUT2D eigenvalue weighted by Crippen LogP contribution is -2.04. The van der Waals surface area contributed by atoms with Gasteiger partial charge in [-0.05, 0) is 6.07 Å². The summed E-state index contributed by atoms with van der Waals surface area (Å²) in [7, 11) is 0. The fourth-order valence-electron chi connectivity index (χ4n) is 1.56. The topological polar surface area (TPSA) is 20.2 Å². The lowest BCUT2D eigenvalue weighted by atomic mass is 10.0. The maximum atomic E-state index is 13.4. The van der Waals surface area contributed by atoms with Crippen molar-refractivity contribution in [2.75, 3.05) is 0 Å².